The topological polar surface area (TPSA) is 33.2 Å². The lowest BCUT2D eigenvalue weighted by Gasteiger charge is -2.27. The molecule has 1 aromatic heterocycles. The van der Waals surface area contributed by atoms with Crippen LogP contribution in [0.25, 0.3) is 0 Å². The average molecular weight is 390 g/mol. The molecule has 0 N–H and O–H groups in total. The van der Waals surface area contributed by atoms with Gasteiger partial charge in [-0.15, -0.1) is 11.3 Å². The maximum Gasteiger partial charge on any atom is 0.406 e. The van der Waals surface area contributed by atoms with E-state index < -0.39 is 24.5 Å². The quantitative estimate of drug-likeness (QED) is 0.602. The highest BCUT2D eigenvalue weighted by Gasteiger charge is 2.38. The largest absolute Gasteiger partial charge is 0.406 e. The summed E-state index contributed by atoms with van der Waals surface area (Å²) in [5, 5.41) is 1.68. The minimum absolute atomic E-state index is 0.0479. The Kier molecular flexibility index (Phi) is 5.60. The SMILES string of the molecule is Cc1csc(N(CC(F)(F)F)C(=O)C(c2ccccc2)c2ccccc2)n1. The van der Waals surface area contributed by atoms with Gasteiger partial charge in [0.05, 0.1) is 11.6 Å². The Morgan fingerprint density at radius 1 is 1.04 bits per heavy atom. The molecule has 140 valence electrons. The van der Waals surface area contributed by atoms with E-state index >= 15 is 0 Å². The number of benzene rings is 2. The molecule has 0 radical (unpaired) electrons. The lowest BCUT2D eigenvalue weighted by atomic mass is 9.90. The van der Waals surface area contributed by atoms with Gasteiger partial charge in [0.2, 0.25) is 5.91 Å². The van der Waals surface area contributed by atoms with Gasteiger partial charge in [-0.2, -0.15) is 13.2 Å². The van der Waals surface area contributed by atoms with Crippen LogP contribution in [0.5, 0.6) is 0 Å². The van der Waals surface area contributed by atoms with Gasteiger partial charge in [-0.25, -0.2) is 4.98 Å². The van der Waals surface area contributed by atoms with Crippen LogP contribution < -0.4 is 4.90 Å². The average Bonchev–Trinajstić information content (AvgIpc) is 3.07. The summed E-state index contributed by atoms with van der Waals surface area (Å²) in [7, 11) is 0. The standard InChI is InChI=1S/C20H17F3N2OS/c1-14-12-27-19(24-14)25(13-20(21,22)23)18(26)17(15-8-4-2-5-9-15)16-10-6-3-7-11-16/h2-12,17H,13H2,1H3. The summed E-state index contributed by atoms with van der Waals surface area (Å²) in [5.41, 5.74) is 1.84. The van der Waals surface area contributed by atoms with Gasteiger partial charge in [-0.1, -0.05) is 60.7 Å². The van der Waals surface area contributed by atoms with Crippen molar-refractivity contribution in [2.24, 2.45) is 0 Å². The number of nitrogens with zero attached hydrogens (tertiary/aromatic N) is 2. The van der Waals surface area contributed by atoms with E-state index in [1.165, 1.54) is 0 Å². The van der Waals surface area contributed by atoms with Gasteiger partial charge in [0.15, 0.2) is 5.13 Å². The third-order valence-electron chi connectivity index (χ3n) is 3.95. The fourth-order valence-electron chi connectivity index (χ4n) is 2.81. The molecule has 0 aliphatic heterocycles. The van der Waals surface area contributed by atoms with Gasteiger partial charge in [-0.05, 0) is 18.1 Å². The maximum atomic E-state index is 13.3. The molecule has 0 saturated carbocycles. The number of rotatable bonds is 5. The molecule has 0 aliphatic rings. The number of halogens is 3. The van der Waals surface area contributed by atoms with Gasteiger partial charge < -0.3 is 0 Å². The molecule has 0 saturated heterocycles. The smallest absolute Gasteiger partial charge is 0.278 e. The highest BCUT2D eigenvalue weighted by Crippen LogP contribution is 2.32. The number of carbonyl (C=O) groups is 1. The lowest BCUT2D eigenvalue weighted by Crippen LogP contribution is -2.42. The Morgan fingerprint density at radius 3 is 1.96 bits per heavy atom. The molecule has 0 spiro atoms. The zero-order valence-electron chi connectivity index (χ0n) is 14.5. The van der Waals surface area contributed by atoms with Gasteiger partial charge in [0.25, 0.3) is 0 Å². The molecule has 1 heterocycles. The number of aromatic nitrogens is 1. The molecule has 3 rings (SSSR count). The van der Waals surface area contributed by atoms with Crippen molar-refractivity contribution in [1.29, 1.82) is 0 Å². The Morgan fingerprint density at radius 2 is 1.56 bits per heavy atom. The molecule has 27 heavy (non-hydrogen) atoms. The lowest BCUT2D eigenvalue weighted by molar-refractivity contribution is -0.132. The molecule has 0 unspecified atom stereocenters. The number of alkyl halides is 3. The Labute approximate surface area is 159 Å². The monoisotopic (exact) mass is 390 g/mol. The molecule has 0 bridgehead atoms. The van der Waals surface area contributed by atoms with E-state index in [0.29, 0.717) is 16.8 Å². The highest BCUT2D eigenvalue weighted by molar-refractivity contribution is 7.14. The first kappa shape index (κ1) is 19.1. The van der Waals surface area contributed by atoms with Crippen LogP contribution in [0.4, 0.5) is 18.3 Å². The summed E-state index contributed by atoms with van der Waals surface area (Å²) < 4.78 is 39.6. The molecule has 7 heteroatoms. The van der Waals surface area contributed by atoms with Crippen LogP contribution in [0.1, 0.15) is 22.7 Å². The van der Waals surface area contributed by atoms with Crippen LogP contribution in [0.2, 0.25) is 0 Å². The predicted molar refractivity (Wildman–Crippen MR) is 100.0 cm³/mol. The summed E-state index contributed by atoms with van der Waals surface area (Å²) in [6, 6.07) is 17.6. The number of amides is 1. The molecule has 2 aromatic carbocycles. The van der Waals surface area contributed by atoms with Crippen molar-refractivity contribution >= 4 is 22.4 Å². The summed E-state index contributed by atoms with van der Waals surface area (Å²) in [5.74, 6) is -1.50. The molecule has 0 aliphatic carbocycles. The van der Waals surface area contributed by atoms with Crippen LogP contribution >= 0.6 is 11.3 Å². The Bertz CT molecular complexity index is 855. The van der Waals surface area contributed by atoms with Crippen LogP contribution in [0, 0.1) is 6.92 Å². The fourth-order valence-corrected chi connectivity index (χ4v) is 3.62. The van der Waals surface area contributed by atoms with Crippen molar-refractivity contribution < 1.29 is 18.0 Å². The van der Waals surface area contributed by atoms with E-state index in [9.17, 15) is 18.0 Å². The number of aryl methyl sites for hydroxylation is 1. The third kappa shape index (κ3) is 4.74. The second kappa shape index (κ2) is 7.92. The van der Waals surface area contributed by atoms with Crippen molar-refractivity contribution in [3.8, 4) is 0 Å². The third-order valence-corrected chi connectivity index (χ3v) is 4.94. The van der Waals surface area contributed by atoms with Crippen LogP contribution in [-0.4, -0.2) is 23.6 Å². The van der Waals surface area contributed by atoms with Crippen LogP contribution in [0.3, 0.4) is 0 Å². The van der Waals surface area contributed by atoms with Crippen molar-refractivity contribution in [3.05, 3.63) is 82.9 Å². The van der Waals surface area contributed by atoms with E-state index in [2.05, 4.69) is 4.98 Å². The van der Waals surface area contributed by atoms with Crippen molar-refractivity contribution in [2.45, 2.75) is 19.0 Å². The van der Waals surface area contributed by atoms with Gasteiger partial charge in [0, 0.05) is 5.38 Å². The zero-order chi connectivity index (χ0) is 19.4. The summed E-state index contributed by atoms with van der Waals surface area (Å²) >= 11 is 1.03. The van der Waals surface area contributed by atoms with Crippen molar-refractivity contribution in [3.63, 3.8) is 0 Å². The first-order chi connectivity index (χ1) is 12.8. The number of anilines is 1. The number of hydrogen-bond acceptors (Lipinski definition) is 3. The minimum atomic E-state index is -4.53. The molecule has 0 atom stereocenters. The van der Waals surface area contributed by atoms with Gasteiger partial charge in [0.1, 0.15) is 6.54 Å². The number of carbonyl (C=O) groups excluding carboxylic acids is 1. The summed E-state index contributed by atoms with van der Waals surface area (Å²) in [6.45, 7) is 0.303. The Hall–Kier alpha value is -2.67. The minimum Gasteiger partial charge on any atom is -0.278 e. The number of hydrogen-bond donors (Lipinski definition) is 0. The number of thiazole rings is 1. The molecule has 3 nitrogen and oxygen atoms in total. The fraction of sp³-hybridized carbons (Fsp3) is 0.200. The van der Waals surface area contributed by atoms with E-state index in [1.54, 1.807) is 73.0 Å². The highest BCUT2D eigenvalue weighted by atomic mass is 32.1. The Balaban J connectivity index is 2.07. The van der Waals surface area contributed by atoms with Crippen molar-refractivity contribution in [1.82, 2.24) is 4.98 Å². The van der Waals surface area contributed by atoms with Crippen LogP contribution in [0.15, 0.2) is 66.0 Å². The zero-order valence-corrected chi connectivity index (χ0v) is 15.3. The molecule has 0 fully saturated rings. The molecular weight excluding hydrogens is 373 g/mol. The first-order valence-corrected chi connectivity index (χ1v) is 9.13. The van der Waals surface area contributed by atoms with Gasteiger partial charge >= 0.3 is 6.18 Å². The van der Waals surface area contributed by atoms with Crippen molar-refractivity contribution in [2.75, 3.05) is 11.4 Å². The second-order valence-corrected chi connectivity index (χ2v) is 6.90. The summed E-state index contributed by atoms with van der Waals surface area (Å²) in [6.07, 6.45) is -4.53. The molecule has 1 amide bonds. The van der Waals surface area contributed by atoms with E-state index in [0.717, 1.165) is 16.2 Å². The van der Waals surface area contributed by atoms with Gasteiger partial charge in [-0.3, -0.25) is 9.69 Å². The molecule has 3 aromatic rings. The van der Waals surface area contributed by atoms with E-state index in [-0.39, 0.29) is 5.13 Å². The second-order valence-electron chi connectivity index (χ2n) is 6.07. The van der Waals surface area contributed by atoms with E-state index in [1.807, 2.05) is 0 Å². The molecular formula is C20H17F3N2OS. The first-order valence-electron chi connectivity index (χ1n) is 8.25. The maximum absolute atomic E-state index is 13.3. The van der Waals surface area contributed by atoms with E-state index in [4.69, 9.17) is 0 Å². The predicted octanol–water partition coefficient (Wildman–Crippen LogP) is 5.18. The summed E-state index contributed by atoms with van der Waals surface area (Å²) in [4.78, 5) is 18.2. The van der Waals surface area contributed by atoms with Crippen LogP contribution in [-0.2, 0) is 4.79 Å². The normalized spacial score (nSPS) is 11.6.